The molecule has 0 bridgehead atoms. The number of hydrogen-bond acceptors (Lipinski definition) is 3. The third-order valence-electron chi connectivity index (χ3n) is 1.35. The van der Waals surface area contributed by atoms with Crippen molar-refractivity contribution in [1.29, 1.82) is 0 Å². The Balaban J connectivity index is 0.000000325. The quantitative estimate of drug-likeness (QED) is 0.793. The minimum atomic E-state index is -5.08. The van der Waals surface area contributed by atoms with E-state index in [0.29, 0.717) is 0 Å². The van der Waals surface area contributed by atoms with Crippen LogP contribution >= 0.6 is 0 Å². The first-order valence-corrected chi connectivity index (χ1v) is 4.11. The highest BCUT2D eigenvalue weighted by Crippen LogP contribution is 2.13. The Hall–Kier alpha value is -2.12. The van der Waals surface area contributed by atoms with Gasteiger partial charge >= 0.3 is 18.1 Å². The second-order valence-corrected chi connectivity index (χ2v) is 2.77. The fraction of sp³-hybridized carbons (Fsp3) is 0.222. The van der Waals surface area contributed by atoms with Gasteiger partial charge in [-0.05, 0) is 19.1 Å². The highest BCUT2D eigenvalue weighted by atomic mass is 19.4. The van der Waals surface area contributed by atoms with Gasteiger partial charge in [0, 0.05) is 5.69 Å². The van der Waals surface area contributed by atoms with Gasteiger partial charge in [-0.2, -0.15) is 13.2 Å². The van der Waals surface area contributed by atoms with Crippen molar-refractivity contribution in [2.75, 3.05) is 0 Å². The van der Waals surface area contributed by atoms with Crippen molar-refractivity contribution in [2.45, 2.75) is 13.1 Å². The Labute approximate surface area is 93.5 Å². The molecule has 0 aliphatic carbocycles. The van der Waals surface area contributed by atoms with Gasteiger partial charge in [0.1, 0.15) is 5.69 Å². The Morgan fingerprint density at radius 1 is 1.24 bits per heavy atom. The molecule has 1 aromatic heterocycles. The van der Waals surface area contributed by atoms with E-state index in [4.69, 9.17) is 15.0 Å². The summed E-state index contributed by atoms with van der Waals surface area (Å²) < 4.78 is 31.7. The molecule has 1 aromatic rings. The molecule has 94 valence electrons. The molecule has 0 atom stereocenters. The van der Waals surface area contributed by atoms with Crippen LogP contribution in [0.2, 0.25) is 0 Å². The number of aromatic carboxylic acids is 1. The number of aromatic nitrogens is 1. The van der Waals surface area contributed by atoms with E-state index < -0.39 is 18.1 Å². The topological polar surface area (TPSA) is 87.5 Å². The van der Waals surface area contributed by atoms with Crippen LogP contribution in [0.5, 0.6) is 0 Å². The van der Waals surface area contributed by atoms with Gasteiger partial charge in [-0.25, -0.2) is 14.6 Å². The molecule has 17 heavy (non-hydrogen) atoms. The zero-order valence-corrected chi connectivity index (χ0v) is 8.52. The van der Waals surface area contributed by atoms with Gasteiger partial charge in [0.15, 0.2) is 0 Å². The number of nitrogens with zero attached hydrogens (tertiary/aromatic N) is 1. The van der Waals surface area contributed by atoms with Gasteiger partial charge in [0.05, 0.1) is 0 Å². The van der Waals surface area contributed by atoms with Crippen LogP contribution in [-0.4, -0.2) is 33.3 Å². The summed E-state index contributed by atoms with van der Waals surface area (Å²) in [4.78, 5) is 23.0. The third kappa shape index (κ3) is 6.13. The lowest BCUT2D eigenvalue weighted by molar-refractivity contribution is -0.192. The van der Waals surface area contributed by atoms with Crippen LogP contribution in [-0.2, 0) is 4.79 Å². The van der Waals surface area contributed by atoms with Crippen LogP contribution in [0.15, 0.2) is 18.2 Å². The van der Waals surface area contributed by atoms with Gasteiger partial charge < -0.3 is 10.2 Å². The van der Waals surface area contributed by atoms with E-state index in [0.717, 1.165) is 5.69 Å². The first-order valence-electron chi connectivity index (χ1n) is 4.11. The zero-order valence-electron chi connectivity index (χ0n) is 8.52. The molecule has 5 nitrogen and oxygen atoms in total. The minimum Gasteiger partial charge on any atom is -0.477 e. The third-order valence-corrected chi connectivity index (χ3v) is 1.35. The minimum absolute atomic E-state index is 0.0972. The number of rotatable bonds is 1. The number of pyridine rings is 1. The molecule has 8 heteroatoms. The highest BCUT2D eigenvalue weighted by molar-refractivity contribution is 5.85. The SMILES string of the molecule is Cc1cccc(C(=O)O)n1.O=C(O)C(F)(F)F. The van der Waals surface area contributed by atoms with Crippen molar-refractivity contribution in [3.63, 3.8) is 0 Å². The molecule has 0 aromatic carbocycles. The van der Waals surface area contributed by atoms with E-state index in [9.17, 15) is 18.0 Å². The van der Waals surface area contributed by atoms with Crippen molar-refractivity contribution < 1.29 is 33.0 Å². The van der Waals surface area contributed by atoms with E-state index in [1.807, 2.05) is 0 Å². The van der Waals surface area contributed by atoms with Gasteiger partial charge in [0.2, 0.25) is 0 Å². The number of halogens is 3. The molecule has 0 spiro atoms. The fourth-order valence-corrected chi connectivity index (χ4v) is 0.662. The first kappa shape index (κ1) is 14.9. The summed E-state index contributed by atoms with van der Waals surface area (Å²) in [5, 5.41) is 15.6. The average Bonchev–Trinajstić information content (AvgIpc) is 2.17. The summed E-state index contributed by atoms with van der Waals surface area (Å²) in [6.45, 7) is 1.76. The fourth-order valence-electron chi connectivity index (χ4n) is 0.662. The number of alkyl halides is 3. The molecule has 1 rings (SSSR count). The van der Waals surface area contributed by atoms with Gasteiger partial charge in [-0.15, -0.1) is 0 Å². The molecule has 0 radical (unpaired) electrons. The lowest BCUT2D eigenvalue weighted by atomic mass is 10.3. The zero-order chi connectivity index (χ0) is 13.6. The number of hydrogen-bond donors (Lipinski definition) is 2. The Kier molecular flexibility index (Phi) is 5.10. The lowest BCUT2D eigenvalue weighted by Gasteiger charge is -1.93. The molecule has 0 saturated heterocycles. The molecule has 0 amide bonds. The van der Waals surface area contributed by atoms with Gasteiger partial charge in [-0.1, -0.05) is 6.07 Å². The summed E-state index contributed by atoms with van der Waals surface area (Å²) in [6.07, 6.45) is -5.08. The number of carboxylic acids is 2. The van der Waals surface area contributed by atoms with Crippen molar-refractivity contribution in [3.05, 3.63) is 29.6 Å². The maximum absolute atomic E-state index is 10.6. The largest absolute Gasteiger partial charge is 0.490 e. The molecule has 0 unspecified atom stereocenters. The van der Waals surface area contributed by atoms with Crippen molar-refractivity contribution in [1.82, 2.24) is 4.98 Å². The van der Waals surface area contributed by atoms with Crippen LogP contribution in [0.3, 0.4) is 0 Å². The van der Waals surface area contributed by atoms with E-state index in [2.05, 4.69) is 4.98 Å². The summed E-state index contributed by atoms with van der Waals surface area (Å²) in [5.74, 6) is -3.74. The van der Waals surface area contributed by atoms with Gasteiger partial charge in [-0.3, -0.25) is 0 Å². The van der Waals surface area contributed by atoms with Crippen LogP contribution in [0.1, 0.15) is 16.2 Å². The Morgan fingerprint density at radius 2 is 1.71 bits per heavy atom. The number of aryl methyl sites for hydroxylation is 1. The molecule has 0 aliphatic heterocycles. The summed E-state index contributed by atoms with van der Waals surface area (Å²) in [7, 11) is 0. The summed E-state index contributed by atoms with van der Waals surface area (Å²) in [6, 6.07) is 4.90. The van der Waals surface area contributed by atoms with E-state index in [1.165, 1.54) is 6.07 Å². The second-order valence-electron chi connectivity index (χ2n) is 2.77. The maximum atomic E-state index is 10.6. The van der Waals surface area contributed by atoms with Crippen LogP contribution in [0.25, 0.3) is 0 Å². The number of aliphatic carboxylic acids is 1. The Bertz CT molecular complexity index is 417. The lowest BCUT2D eigenvalue weighted by Crippen LogP contribution is -2.21. The highest BCUT2D eigenvalue weighted by Gasteiger charge is 2.38. The van der Waals surface area contributed by atoms with E-state index >= 15 is 0 Å². The van der Waals surface area contributed by atoms with Gasteiger partial charge in [0.25, 0.3) is 0 Å². The van der Waals surface area contributed by atoms with Crippen LogP contribution in [0.4, 0.5) is 13.2 Å². The van der Waals surface area contributed by atoms with E-state index in [1.54, 1.807) is 19.1 Å². The molecular formula is C9H8F3NO4. The average molecular weight is 251 g/mol. The maximum Gasteiger partial charge on any atom is 0.490 e. The standard InChI is InChI=1S/C7H7NO2.C2HF3O2/c1-5-3-2-4-6(8-5)7(9)10;3-2(4,5)1(6)7/h2-4H,1H3,(H,9,10);(H,6,7). The van der Waals surface area contributed by atoms with Crippen molar-refractivity contribution in [3.8, 4) is 0 Å². The Morgan fingerprint density at radius 3 is 1.94 bits per heavy atom. The van der Waals surface area contributed by atoms with Crippen molar-refractivity contribution >= 4 is 11.9 Å². The molecule has 1 heterocycles. The predicted molar refractivity (Wildman–Crippen MR) is 49.6 cm³/mol. The first-order chi connectivity index (χ1) is 7.64. The van der Waals surface area contributed by atoms with Crippen molar-refractivity contribution in [2.24, 2.45) is 0 Å². The summed E-state index contributed by atoms with van der Waals surface area (Å²) >= 11 is 0. The number of carboxylic acid groups (broad SMARTS) is 2. The molecule has 0 saturated carbocycles. The molecular weight excluding hydrogens is 243 g/mol. The smallest absolute Gasteiger partial charge is 0.477 e. The predicted octanol–water partition coefficient (Wildman–Crippen LogP) is 1.72. The molecule has 0 aliphatic rings. The van der Waals surface area contributed by atoms with Crippen LogP contribution in [0, 0.1) is 6.92 Å². The number of carbonyl (C=O) groups is 2. The molecule has 0 fully saturated rings. The second kappa shape index (κ2) is 5.83. The van der Waals surface area contributed by atoms with E-state index in [-0.39, 0.29) is 5.69 Å². The summed E-state index contributed by atoms with van der Waals surface area (Å²) in [5.41, 5.74) is 0.819. The monoisotopic (exact) mass is 251 g/mol. The molecule has 2 N–H and O–H groups in total. The normalized spacial score (nSPS) is 10.1. The van der Waals surface area contributed by atoms with Crippen LogP contribution < -0.4 is 0 Å².